The summed E-state index contributed by atoms with van der Waals surface area (Å²) in [4.78, 5) is 18.2. The van der Waals surface area contributed by atoms with Gasteiger partial charge in [-0.3, -0.25) is 4.79 Å². The Hall–Kier alpha value is -2.41. The number of nitrogens with two attached hydrogens (primary N) is 1. The molecule has 3 N–H and O–H groups in total. The predicted octanol–water partition coefficient (Wildman–Crippen LogP) is 1.82. The number of aryl methyl sites for hydroxylation is 1. The van der Waals surface area contributed by atoms with E-state index in [1.165, 1.54) is 0 Å². The van der Waals surface area contributed by atoms with Crippen molar-refractivity contribution >= 4 is 23.1 Å². The van der Waals surface area contributed by atoms with Gasteiger partial charge in [-0.15, -0.1) is 11.3 Å². The Morgan fingerprint density at radius 1 is 1.38 bits per heavy atom. The van der Waals surface area contributed by atoms with E-state index in [0.717, 1.165) is 10.7 Å². The largest absolute Gasteiger partial charge is 0.409 e. The zero-order valence-corrected chi connectivity index (χ0v) is 12.6. The lowest BCUT2D eigenvalue weighted by molar-refractivity contribution is 0.0783. The van der Waals surface area contributed by atoms with Gasteiger partial charge in [-0.25, -0.2) is 4.98 Å². The summed E-state index contributed by atoms with van der Waals surface area (Å²) >= 11 is 1.56. The van der Waals surface area contributed by atoms with Crippen LogP contribution in [0.4, 0.5) is 0 Å². The van der Waals surface area contributed by atoms with E-state index in [2.05, 4.69) is 10.1 Å². The molecule has 0 saturated heterocycles. The quantitative estimate of drug-likeness (QED) is 0.390. The first-order valence-electron chi connectivity index (χ1n) is 6.25. The Bertz CT molecular complexity index is 664. The smallest absolute Gasteiger partial charge is 0.253 e. The van der Waals surface area contributed by atoms with Crippen molar-refractivity contribution in [1.82, 2.24) is 9.88 Å². The van der Waals surface area contributed by atoms with Gasteiger partial charge < -0.3 is 15.8 Å². The van der Waals surface area contributed by atoms with Crippen molar-refractivity contribution in [1.29, 1.82) is 0 Å². The second-order valence-corrected chi connectivity index (χ2v) is 5.64. The second-order valence-electron chi connectivity index (χ2n) is 4.58. The first-order chi connectivity index (χ1) is 10.0. The van der Waals surface area contributed by atoms with Gasteiger partial charge in [0.2, 0.25) is 0 Å². The molecule has 0 atom stereocenters. The molecule has 0 aliphatic rings. The Labute approximate surface area is 126 Å². The lowest BCUT2D eigenvalue weighted by Crippen LogP contribution is -2.26. The number of amidine groups is 1. The molecule has 0 aliphatic heterocycles. The number of hydrogen-bond donors (Lipinski definition) is 2. The predicted molar refractivity (Wildman–Crippen MR) is 81.6 cm³/mol. The van der Waals surface area contributed by atoms with E-state index in [0.29, 0.717) is 17.7 Å². The van der Waals surface area contributed by atoms with Gasteiger partial charge in [0.1, 0.15) is 0 Å². The van der Waals surface area contributed by atoms with E-state index < -0.39 is 0 Å². The summed E-state index contributed by atoms with van der Waals surface area (Å²) < 4.78 is 0. The van der Waals surface area contributed by atoms with E-state index in [1.807, 2.05) is 12.3 Å². The molecule has 0 spiro atoms. The van der Waals surface area contributed by atoms with Crippen LogP contribution in [0.1, 0.15) is 26.6 Å². The number of oxime groups is 1. The lowest BCUT2D eigenvalue weighted by atomic mass is 10.1. The number of hydrogen-bond acceptors (Lipinski definition) is 5. The highest BCUT2D eigenvalue weighted by Crippen LogP contribution is 2.12. The van der Waals surface area contributed by atoms with Gasteiger partial charge in [-0.2, -0.15) is 0 Å². The van der Waals surface area contributed by atoms with E-state index in [1.54, 1.807) is 47.5 Å². The summed E-state index contributed by atoms with van der Waals surface area (Å²) in [6, 6.07) is 6.59. The molecule has 1 heterocycles. The summed E-state index contributed by atoms with van der Waals surface area (Å²) in [6.45, 7) is 2.40. The van der Waals surface area contributed by atoms with Gasteiger partial charge >= 0.3 is 0 Å². The number of thiazole rings is 1. The first kappa shape index (κ1) is 15.0. The maximum absolute atomic E-state index is 12.3. The van der Waals surface area contributed by atoms with Crippen LogP contribution in [0.3, 0.4) is 0 Å². The fraction of sp³-hybridized carbons (Fsp3) is 0.214. The molecule has 6 nitrogen and oxygen atoms in total. The van der Waals surface area contributed by atoms with E-state index in [-0.39, 0.29) is 11.7 Å². The molecule has 2 rings (SSSR count). The topological polar surface area (TPSA) is 91.8 Å². The molecular weight excluding hydrogens is 288 g/mol. The zero-order valence-electron chi connectivity index (χ0n) is 11.8. The minimum Gasteiger partial charge on any atom is -0.409 e. The van der Waals surface area contributed by atoms with Crippen LogP contribution < -0.4 is 5.73 Å². The zero-order chi connectivity index (χ0) is 15.4. The number of aromatic nitrogens is 1. The molecule has 0 unspecified atom stereocenters. The van der Waals surface area contributed by atoms with Crippen molar-refractivity contribution < 1.29 is 10.0 Å². The molecule has 21 heavy (non-hydrogen) atoms. The van der Waals surface area contributed by atoms with Gasteiger partial charge in [-0.1, -0.05) is 17.3 Å². The third-order valence-electron chi connectivity index (χ3n) is 2.95. The highest BCUT2D eigenvalue weighted by molar-refractivity contribution is 7.09. The average Bonchev–Trinajstić information content (AvgIpc) is 2.90. The molecule has 1 aromatic heterocycles. The molecule has 0 aliphatic carbocycles. The van der Waals surface area contributed by atoms with Crippen LogP contribution in [0.25, 0.3) is 0 Å². The van der Waals surface area contributed by atoms with Gasteiger partial charge in [0.05, 0.1) is 17.2 Å². The van der Waals surface area contributed by atoms with Gasteiger partial charge in [0.25, 0.3) is 5.91 Å². The first-order valence-corrected chi connectivity index (χ1v) is 7.13. The lowest BCUT2D eigenvalue weighted by Gasteiger charge is -2.16. The van der Waals surface area contributed by atoms with Crippen molar-refractivity contribution in [3.05, 3.63) is 51.5 Å². The second kappa shape index (κ2) is 6.36. The summed E-state index contributed by atoms with van der Waals surface area (Å²) in [6.07, 6.45) is 0. The van der Waals surface area contributed by atoms with Crippen molar-refractivity contribution in [3.8, 4) is 0 Å². The van der Waals surface area contributed by atoms with E-state index >= 15 is 0 Å². The third-order valence-corrected chi connectivity index (χ3v) is 3.77. The summed E-state index contributed by atoms with van der Waals surface area (Å²) in [5.41, 5.74) is 7.46. The normalized spacial score (nSPS) is 11.4. The van der Waals surface area contributed by atoms with Crippen LogP contribution in [0.5, 0.6) is 0 Å². The van der Waals surface area contributed by atoms with Crippen LogP contribution in [0.2, 0.25) is 0 Å². The van der Waals surface area contributed by atoms with Gasteiger partial charge in [-0.05, 0) is 19.1 Å². The minimum absolute atomic E-state index is 0.0142. The average molecular weight is 304 g/mol. The maximum atomic E-state index is 12.3. The number of rotatable bonds is 4. The fourth-order valence-electron chi connectivity index (χ4n) is 1.86. The van der Waals surface area contributed by atoms with E-state index in [9.17, 15) is 4.79 Å². The molecule has 110 valence electrons. The molecule has 0 radical (unpaired) electrons. The summed E-state index contributed by atoms with van der Waals surface area (Å²) in [5.74, 6) is -0.0907. The standard InChI is InChI=1S/C14H16N4O2S/c1-9-16-12(8-21-9)7-18(2)14(19)11-5-3-10(4-6-11)13(15)17-20/h3-6,8,20H,7H2,1-2H3,(H2,15,17). The van der Waals surface area contributed by atoms with Crippen LogP contribution in [0, 0.1) is 6.92 Å². The van der Waals surface area contributed by atoms with Crippen LogP contribution in [-0.4, -0.2) is 33.9 Å². The highest BCUT2D eigenvalue weighted by atomic mass is 32.1. The van der Waals surface area contributed by atoms with Crippen LogP contribution in [-0.2, 0) is 6.54 Å². The van der Waals surface area contributed by atoms with Crippen LogP contribution in [0.15, 0.2) is 34.8 Å². The van der Waals surface area contributed by atoms with Gasteiger partial charge in [0.15, 0.2) is 5.84 Å². The minimum atomic E-state index is -0.105. The van der Waals surface area contributed by atoms with Gasteiger partial charge in [0, 0.05) is 23.6 Å². The Balaban J connectivity index is 2.08. The number of nitrogens with zero attached hydrogens (tertiary/aromatic N) is 3. The van der Waals surface area contributed by atoms with Crippen molar-refractivity contribution in [3.63, 3.8) is 0 Å². The number of benzene rings is 1. The fourth-order valence-corrected chi connectivity index (χ4v) is 2.46. The molecule has 2 aromatic rings. The maximum Gasteiger partial charge on any atom is 0.253 e. The Kier molecular flexibility index (Phi) is 4.54. The molecule has 7 heteroatoms. The Morgan fingerprint density at radius 3 is 2.52 bits per heavy atom. The summed E-state index contributed by atoms with van der Waals surface area (Å²) in [7, 11) is 1.73. The SMILES string of the molecule is Cc1nc(CN(C)C(=O)c2ccc(C(N)=NO)cc2)cs1. The molecule has 1 amide bonds. The highest BCUT2D eigenvalue weighted by Gasteiger charge is 2.13. The number of amides is 1. The monoisotopic (exact) mass is 304 g/mol. The van der Waals surface area contributed by atoms with Crippen molar-refractivity contribution in [2.75, 3.05) is 7.05 Å². The number of carbonyl (C=O) groups excluding carboxylic acids is 1. The van der Waals surface area contributed by atoms with Crippen molar-refractivity contribution in [2.45, 2.75) is 13.5 Å². The molecular formula is C14H16N4O2S. The molecule has 1 aromatic carbocycles. The van der Waals surface area contributed by atoms with Crippen molar-refractivity contribution in [2.24, 2.45) is 10.9 Å². The number of carbonyl (C=O) groups is 1. The summed E-state index contributed by atoms with van der Waals surface area (Å²) in [5, 5.41) is 14.4. The molecule has 0 fully saturated rings. The Morgan fingerprint density at radius 2 is 2.00 bits per heavy atom. The van der Waals surface area contributed by atoms with Crippen LogP contribution >= 0.6 is 11.3 Å². The third kappa shape index (κ3) is 3.57. The molecule has 0 bridgehead atoms. The van der Waals surface area contributed by atoms with E-state index in [4.69, 9.17) is 10.9 Å². The molecule has 0 saturated carbocycles.